The molecule has 0 unspecified atom stereocenters. The Hall–Kier alpha value is -3.42. The molecule has 0 aliphatic carbocycles. The molecule has 0 bridgehead atoms. The molecule has 5 N–H and O–H groups in total. The summed E-state index contributed by atoms with van der Waals surface area (Å²) in [6.07, 6.45) is -0.232. The standard InChI is InChI=1S/C29H50N2O16/c1-28(2,3)47-27(40)5-4-10-41-15-16-42-14-9-30-22(32)17-46-18-23(33)31-29(19-43-11-6-24(34)35,20-44-12-7-25(36)37)21-45-13-8-26(38)39/h4-21H2,1-3H3,(H,30,32)(H,31,33)(H,34,35)(H,36,37)(H,38,39). The third kappa shape index (κ3) is 28.5. The van der Waals surface area contributed by atoms with Gasteiger partial charge in [0, 0.05) is 19.6 Å². The van der Waals surface area contributed by atoms with E-state index in [2.05, 4.69) is 10.6 Å². The monoisotopic (exact) mass is 682 g/mol. The minimum absolute atomic E-state index is 0.172. The molecule has 0 saturated heterocycles. The summed E-state index contributed by atoms with van der Waals surface area (Å²) in [5, 5.41) is 31.8. The van der Waals surface area contributed by atoms with E-state index in [0.29, 0.717) is 19.6 Å². The van der Waals surface area contributed by atoms with Crippen LogP contribution in [0.25, 0.3) is 0 Å². The Balaban J connectivity index is 4.56. The smallest absolute Gasteiger partial charge is 0.306 e. The summed E-state index contributed by atoms with van der Waals surface area (Å²) in [4.78, 5) is 68.9. The van der Waals surface area contributed by atoms with Gasteiger partial charge in [-0.25, -0.2) is 0 Å². The fraction of sp³-hybridized carbons (Fsp3) is 0.793. The highest BCUT2D eigenvalue weighted by Crippen LogP contribution is 2.11. The first kappa shape index (κ1) is 43.6. The van der Waals surface area contributed by atoms with E-state index in [4.69, 9.17) is 48.5 Å². The van der Waals surface area contributed by atoms with Crippen molar-refractivity contribution >= 4 is 35.7 Å². The Morgan fingerprint density at radius 1 is 0.553 bits per heavy atom. The highest BCUT2D eigenvalue weighted by molar-refractivity contribution is 5.80. The van der Waals surface area contributed by atoms with Crippen LogP contribution in [0.1, 0.15) is 52.9 Å². The molecule has 0 aliphatic heterocycles. The first-order chi connectivity index (χ1) is 22.1. The molecule has 0 rings (SSSR count). The lowest BCUT2D eigenvalue weighted by molar-refractivity contribution is -0.155. The fourth-order valence-corrected chi connectivity index (χ4v) is 3.43. The molecule has 272 valence electrons. The van der Waals surface area contributed by atoms with Crippen molar-refractivity contribution in [1.29, 1.82) is 0 Å². The van der Waals surface area contributed by atoms with Gasteiger partial charge in [-0.15, -0.1) is 0 Å². The van der Waals surface area contributed by atoms with Crippen LogP contribution in [-0.4, -0.2) is 148 Å². The number of carboxylic acid groups (broad SMARTS) is 3. The zero-order chi connectivity index (χ0) is 35.6. The summed E-state index contributed by atoms with van der Waals surface area (Å²) in [7, 11) is 0. The lowest BCUT2D eigenvalue weighted by Gasteiger charge is -2.34. The lowest BCUT2D eigenvalue weighted by Crippen LogP contribution is -2.59. The summed E-state index contributed by atoms with van der Waals surface area (Å²) < 4.78 is 37.3. The second-order valence-corrected chi connectivity index (χ2v) is 11.2. The van der Waals surface area contributed by atoms with Crippen molar-refractivity contribution in [3.05, 3.63) is 0 Å². The zero-order valence-corrected chi connectivity index (χ0v) is 27.4. The van der Waals surface area contributed by atoms with Crippen LogP contribution in [0.2, 0.25) is 0 Å². The van der Waals surface area contributed by atoms with Crippen LogP contribution in [0, 0.1) is 0 Å². The maximum absolute atomic E-state index is 12.7. The van der Waals surface area contributed by atoms with Crippen LogP contribution >= 0.6 is 0 Å². The summed E-state index contributed by atoms with van der Waals surface area (Å²) >= 11 is 0. The van der Waals surface area contributed by atoms with Gasteiger partial charge >= 0.3 is 23.9 Å². The maximum Gasteiger partial charge on any atom is 0.306 e. The number of ether oxygens (including phenoxy) is 7. The van der Waals surface area contributed by atoms with Gasteiger partial charge in [-0.05, 0) is 27.2 Å². The summed E-state index contributed by atoms with van der Waals surface area (Å²) in [6.45, 7) is 4.08. The molecule has 0 radical (unpaired) electrons. The number of carbonyl (C=O) groups is 6. The number of carboxylic acids is 3. The first-order valence-corrected chi connectivity index (χ1v) is 15.1. The van der Waals surface area contributed by atoms with E-state index in [9.17, 15) is 28.8 Å². The van der Waals surface area contributed by atoms with Gasteiger partial charge in [-0.2, -0.15) is 0 Å². The molecule has 0 aromatic rings. The van der Waals surface area contributed by atoms with Crippen molar-refractivity contribution in [2.75, 3.05) is 85.8 Å². The van der Waals surface area contributed by atoms with Crippen LogP contribution in [0.3, 0.4) is 0 Å². The van der Waals surface area contributed by atoms with Crippen LogP contribution in [0.4, 0.5) is 0 Å². The van der Waals surface area contributed by atoms with E-state index < -0.39 is 54.1 Å². The van der Waals surface area contributed by atoms with E-state index in [1.165, 1.54) is 0 Å². The quantitative estimate of drug-likeness (QED) is 0.0477. The highest BCUT2D eigenvalue weighted by Gasteiger charge is 2.34. The zero-order valence-electron chi connectivity index (χ0n) is 27.4. The highest BCUT2D eigenvalue weighted by atomic mass is 16.6. The Morgan fingerprint density at radius 2 is 1.02 bits per heavy atom. The predicted molar refractivity (Wildman–Crippen MR) is 161 cm³/mol. The topological polar surface area (TPSA) is 252 Å². The van der Waals surface area contributed by atoms with Crippen LogP contribution in [0.5, 0.6) is 0 Å². The number of nitrogens with one attached hydrogen (secondary N) is 2. The minimum atomic E-state index is -1.46. The normalized spacial score (nSPS) is 11.6. The Labute approximate surface area is 273 Å². The van der Waals surface area contributed by atoms with Gasteiger partial charge in [0.1, 0.15) is 24.4 Å². The average molecular weight is 683 g/mol. The molecule has 18 heteroatoms. The average Bonchev–Trinajstić information content (AvgIpc) is 2.95. The van der Waals surface area contributed by atoms with Gasteiger partial charge in [0.05, 0.1) is 78.7 Å². The largest absolute Gasteiger partial charge is 0.481 e. The second kappa shape index (κ2) is 25.6. The van der Waals surface area contributed by atoms with Gasteiger partial charge < -0.3 is 59.1 Å². The number of hydrogen-bond acceptors (Lipinski definition) is 13. The summed E-state index contributed by atoms with van der Waals surface area (Å²) in [5.74, 6) is -4.89. The van der Waals surface area contributed by atoms with Gasteiger partial charge in [0.15, 0.2) is 0 Å². The van der Waals surface area contributed by atoms with Crippen LogP contribution < -0.4 is 10.6 Å². The minimum Gasteiger partial charge on any atom is -0.481 e. The second-order valence-electron chi connectivity index (χ2n) is 11.2. The molecule has 2 amide bonds. The van der Waals surface area contributed by atoms with Gasteiger partial charge in [-0.3, -0.25) is 28.8 Å². The van der Waals surface area contributed by atoms with Crippen molar-refractivity contribution in [2.24, 2.45) is 0 Å². The van der Waals surface area contributed by atoms with E-state index in [1.807, 2.05) is 0 Å². The van der Waals surface area contributed by atoms with E-state index in [0.717, 1.165) is 0 Å². The molecular weight excluding hydrogens is 632 g/mol. The molecule has 47 heavy (non-hydrogen) atoms. The van der Waals surface area contributed by atoms with Crippen molar-refractivity contribution in [3.8, 4) is 0 Å². The van der Waals surface area contributed by atoms with Crippen LogP contribution in [0.15, 0.2) is 0 Å². The molecule has 0 heterocycles. The van der Waals surface area contributed by atoms with Gasteiger partial charge in [0.25, 0.3) is 0 Å². The molecule has 0 spiro atoms. The molecule has 0 fully saturated rings. The van der Waals surface area contributed by atoms with Crippen molar-refractivity contribution in [1.82, 2.24) is 10.6 Å². The third-order valence-electron chi connectivity index (χ3n) is 5.42. The molecule has 18 nitrogen and oxygen atoms in total. The Morgan fingerprint density at radius 3 is 1.49 bits per heavy atom. The van der Waals surface area contributed by atoms with Crippen molar-refractivity contribution in [3.63, 3.8) is 0 Å². The number of aliphatic carboxylic acids is 3. The number of rotatable bonds is 30. The van der Waals surface area contributed by atoms with E-state index in [-0.39, 0.29) is 91.1 Å². The van der Waals surface area contributed by atoms with Crippen molar-refractivity contribution in [2.45, 2.75) is 64.0 Å². The van der Waals surface area contributed by atoms with Gasteiger partial charge in [-0.1, -0.05) is 0 Å². The van der Waals surface area contributed by atoms with Gasteiger partial charge in [0.2, 0.25) is 11.8 Å². The molecule has 0 saturated carbocycles. The molecule has 0 atom stereocenters. The lowest BCUT2D eigenvalue weighted by atomic mass is 10.0. The number of carbonyl (C=O) groups excluding carboxylic acids is 3. The fourth-order valence-electron chi connectivity index (χ4n) is 3.43. The molecule has 0 aliphatic rings. The molecule has 0 aromatic carbocycles. The SMILES string of the molecule is CC(C)(C)OC(=O)CCCOCCOCCNC(=O)COCC(=O)NC(COCCC(=O)O)(COCCC(=O)O)COCCC(=O)O. The Kier molecular flexibility index (Phi) is 23.8. The third-order valence-corrected chi connectivity index (χ3v) is 5.42. The summed E-state index contributed by atoms with van der Waals surface area (Å²) in [6, 6.07) is 0. The Bertz CT molecular complexity index is 898. The van der Waals surface area contributed by atoms with E-state index >= 15 is 0 Å². The summed E-state index contributed by atoms with van der Waals surface area (Å²) in [5.41, 5.74) is -1.99. The molecular formula is C29H50N2O16. The number of hydrogen-bond donors (Lipinski definition) is 5. The van der Waals surface area contributed by atoms with Crippen molar-refractivity contribution < 1.29 is 77.2 Å². The number of amides is 2. The number of esters is 1. The van der Waals surface area contributed by atoms with E-state index in [1.54, 1.807) is 20.8 Å². The predicted octanol–water partition coefficient (Wildman–Crippen LogP) is -0.397. The first-order valence-electron chi connectivity index (χ1n) is 15.1. The maximum atomic E-state index is 12.7. The van der Waals surface area contributed by atoms with Crippen LogP contribution in [-0.2, 0) is 61.9 Å². The molecule has 0 aromatic heterocycles.